The number of rotatable bonds is 3. The molecule has 2 amide bonds. The zero-order valence-electron chi connectivity index (χ0n) is 20.1. The number of nitrogens with one attached hydrogen (secondary N) is 1. The van der Waals surface area contributed by atoms with E-state index in [0.717, 1.165) is 18.5 Å². The number of anilines is 1. The fourth-order valence-corrected chi connectivity index (χ4v) is 9.05. The van der Waals surface area contributed by atoms with Crippen LogP contribution in [0.4, 0.5) is 5.13 Å². The molecule has 1 N–H and O–H groups in total. The van der Waals surface area contributed by atoms with E-state index < -0.39 is 0 Å². The molecule has 2 unspecified atom stereocenters. The molecule has 0 saturated heterocycles. The van der Waals surface area contributed by atoms with Gasteiger partial charge in [-0.3, -0.25) is 14.9 Å². The Morgan fingerprint density at radius 1 is 1.21 bits per heavy atom. The van der Waals surface area contributed by atoms with Crippen LogP contribution in [0.5, 0.6) is 0 Å². The largest absolute Gasteiger partial charge is 0.459 e. The average molecular weight is 480 g/mol. The Morgan fingerprint density at radius 2 is 2.06 bits per heavy atom. The van der Waals surface area contributed by atoms with Crippen molar-refractivity contribution in [2.45, 2.75) is 64.3 Å². The van der Waals surface area contributed by atoms with Crippen molar-refractivity contribution in [1.29, 1.82) is 0 Å². The quantitative estimate of drug-likeness (QED) is 0.612. The number of fused-ring (bicyclic) bond motifs is 5. The summed E-state index contributed by atoms with van der Waals surface area (Å²) in [5.41, 5.74) is 1.45. The maximum atomic E-state index is 12.4. The lowest BCUT2D eigenvalue weighted by Gasteiger charge is -2.60. The SMILES string of the molecule is CN1C(=O)C=C[C@@]2(C)C1CC[C@@H]1[C@H]2CC[C@]2(C)C(c3csc(NC(=O)c4ccco4)n3)CC[C@@H]12. The summed E-state index contributed by atoms with van der Waals surface area (Å²) in [7, 11) is 1.98. The summed E-state index contributed by atoms with van der Waals surface area (Å²) in [5.74, 6) is 2.66. The third-order valence-electron chi connectivity index (χ3n) is 9.97. The fraction of sp³-hybridized carbons (Fsp3) is 0.593. The molecule has 0 aromatic carbocycles. The van der Waals surface area contributed by atoms with E-state index in [2.05, 4.69) is 30.6 Å². The third-order valence-corrected chi connectivity index (χ3v) is 10.7. The third kappa shape index (κ3) is 3.15. The van der Waals surface area contributed by atoms with Crippen molar-refractivity contribution in [3.8, 4) is 0 Å². The molecule has 6 nitrogen and oxygen atoms in total. The van der Waals surface area contributed by atoms with Gasteiger partial charge in [0.2, 0.25) is 5.91 Å². The Morgan fingerprint density at radius 3 is 2.85 bits per heavy atom. The highest BCUT2D eigenvalue weighted by Crippen LogP contribution is 2.67. The number of furan rings is 1. The molecule has 6 rings (SSSR count). The summed E-state index contributed by atoms with van der Waals surface area (Å²) in [6.45, 7) is 4.89. The van der Waals surface area contributed by atoms with Crippen LogP contribution >= 0.6 is 11.3 Å². The highest BCUT2D eigenvalue weighted by molar-refractivity contribution is 7.14. The number of aromatic nitrogens is 1. The zero-order valence-corrected chi connectivity index (χ0v) is 20.9. The first-order valence-electron chi connectivity index (χ1n) is 12.6. The number of thiazole rings is 1. The summed E-state index contributed by atoms with van der Waals surface area (Å²) in [5, 5.41) is 5.68. The van der Waals surface area contributed by atoms with Crippen LogP contribution in [0.1, 0.15) is 74.5 Å². The van der Waals surface area contributed by atoms with E-state index >= 15 is 0 Å². The summed E-state index contributed by atoms with van der Waals surface area (Å²) in [6, 6.07) is 3.70. The van der Waals surface area contributed by atoms with Gasteiger partial charge in [-0.05, 0) is 79.9 Å². The Balaban J connectivity index is 1.22. The van der Waals surface area contributed by atoms with E-state index in [9.17, 15) is 9.59 Å². The predicted octanol–water partition coefficient (Wildman–Crippen LogP) is 5.71. The highest BCUT2D eigenvalue weighted by Gasteiger charge is 2.60. The van der Waals surface area contributed by atoms with Gasteiger partial charge in [0.25, 0.3) is 5.91 Å². The molecule has 34 heavy (non-hydrogen) atoms. The van der Waals surface area contributed by atoms with E-state index in [-0.39, 0.29) is 22.6 Å². The highest BCUT2D eigenvalue weighted by atomic mass is 32.1. The van der Waals surface area contributed by atoms with Gasteiger partial charge >= 0.3 is 0 Å². The van der Waals surface area contributed by atoms with E-state index in [4.69, 9.17) is 9.40 Å². The summed E-state index contributed by atoms with van der Waals surface area (Å²) in [6.07, 6.45) is 12.7. The molecule has 3 saturated carbocycles. The first kappa shape index (κ1) is 22.1. The van der Waals surface area contributed by atoms with Gasteiger partial charge in [-0.15, -0.1) is 11.3 Å². The lowest BCUT2D eigenvalue weighted by Crippen LogP contribution is -2.59. The molecule has 3 fully saturated rings. The molecule has 2 aromatic rings. The topological polar surface area (TPSA) is 75.4 Å². The second kappa shape index (κ2) is 7.80. The van der Waals surface area contributed by atoms with E-state index in [0.29, 0.717) is 40.6 Å². The van der Waals surface area contributed by atoms with Gasteiger partial charge in [-0.2, -0.15) is 0 Å². The van der Waals surface area contributed by atoms with Crippen molar-refractivity contribution in [2.24, 2.45) is 28.6 Å². The number of carbonyl (C=O) groups is 2. The fourth-order valence-electron chi connectivity index (χ4n) is 8.29. The van der Waals surface area contributed by atoms with Gasteiger partial charge in [0, 0.05) is 29.8 Å². The van der Waals surface area contributed by atoms with Crippen molar-refractivity contribution < 1.29 is 14.0 Å². The number of hydrogen-bond acceptors (Lipinski definition) is 5. The standard InChI is InChI=1S/C27H33N3O3S/c1-26-12-10-18-16(6-9-22-27(18,2)13-11-23(31)30(22)3)17(26)7-8-19(26)20-15-34-25(28-20)29-24(32)21-5-4-14-33-21/h4-5,11,13-19,22H,6-10,12H2,1-3H3,(H,28,29,32)/t16-,17-,18+,19?,22?,26-,27+/m0/s1. The predicted molar refractivity (Wildman–Crippen MR) is 132 cm³/mol. The number of amides is 2. The van der Waals surface area contributed by atoms with Crippen LogP contribution in [0.25, 0.3) is 0 Å². The summed E-state index contributed by atoms with van der Waals surface area (Å²) >= 11 is 1.51. The average Bonchev–Trinajstić information content (AvgIpc) is 3.56. The normalized spacial score (nSPS) is 38.9. The van der Waals surface area contributed by atoms with Crippen LogP contribution in [0.2, 0.25) is 0 Å². The first-order chi connectivity index (χ1) is 16.3. The van der Waals surface area contributed by atoms with Crippen LogP contribution < -0.4 is 5.32 Å². The minimum Gasteiger partial charge on any atom is -0.459 e. The van der Waals surface area contributed by atoms with Gasteiger partial charge in [-0.25, -0.2) is 4.98 Å². The van der Waals surface area contributed by atoms with E-state index in [1.54, 1.807) is 12.1 Å². The minimum atomic E-state index is -0.254. The van der Waals surface area contributed by atoms with Gasteiger partial charge in [-0.1, -0.05) is 19.9 Å². The van der Waals surface area contributed by atoms with Crippen LogP contribution in [0.15, 0.2) is 40.3 Å². The minimum absolute atomic E-state index is 0.0783. The van der Waals surface area contributed by atoms with E-state index in [1.807, 2.05) is 18.0 Å². The van der Waals surface area contributed by atoms with Gasteiger partial charge in [0.1, 0.15) is 0 Å². The Bertz CT molecular complexity index is 1140. The molecule has 0 radical (unpaired) electrons. The van der Waals surface area contributed by atoms with Crippen LogP contribution in [0, 0.1) is 28.6 Å². The van der Waals surface area contributed by atoms with Crippen molar-refractivity contribution in [1.82, 2.24) is 9.88 Å². The smallest absolute Gasteiger partial charge is 0.293 e. The Labute approximate surface area is 204 Å². The van der Waals surface area contributed by atoms with Gasteiger partial charge in [0.05, 0.1) is 12.0 Å². The maximum Gasteiger partial charge on any atom is 0.293 e. The molecule has 7 atom stereocenters. The van der Waals surface area contributed by atoms with Crippen molar-refractivity contribution >= 4 is 28.3 Å². The monoisotopic (exact) mass is 479 g/mol. The van der Waals surface area contributed by atoms with Crippen LogP contribution in [-0.4, -0.2) is 34.8 Å². The molecule has 0 spiro atoms. The molecular weight excluding hydrogens is 446 g/mol. The number of hydrogen-bond donors (Lipinski definition) is 1. The number of likely N-dealkylation sites (N-methyl/N-ethyl adjacent to an activating group) is 1. The summed E-state index contributed by atoms with van der Waals surface area (Å²) in [4.78, 5) is 31.6. The number of nitrogens with zero attached hydrogens (tertiary/aromatic N) is 2. The lowest BCUT2D eigenvalue weighted by molar-refractivity contribution is -0.138. The second-order valence-electron chi connectivity index (χ2n) is 11.3. The molecule has 7 heteroatoms. The van der Waals surface area contributed by atoms with Crippen LogP contribution in [-0.2, 0) is 4.79 Å². The van der Waals surface area contributed by atoms with Crippen molar-refractivity contribution in [2.75, 3.05) is 12.4 Å². The molecular formula is C27H33N3O3S. The molecule has 2 aromatic heterocycles. The first-order valence-corrected chi connectivity index (χ1v) is 13.5. The molecule has 0 bridgehead atoms. The Hall–Kier alpha value is -2.41. The zero-order chi connectivity index (χ0) is 23.7. The van der Waals surface area contributed by atoms with Crippen LogP contribution in [0.3, 0.4) is 0 Å². The van der Waals surface area contributed by atoms with Crippen molar-refractivity contribution in [3.05, 3.63) is 47.4 Å². The van der Waals surface area contributed by atoms with E-state index in [1.165, 1.54) is 43.3 Å². The Kier molecular flexibility index (Phi) is 5.07. The summed E-state index contributed by atoms with van der Waals surface area (Å²) < 4.78 is 5.21. The lowest BCUT2D eigenvalue weighted by atomic mass is 9.47. The molecule has 180 valence electrons. The van der Waals surface area contributed by atoms with Gasteiger partial charge < -0.3 is 9.32 Å². The molecule has 1 aliphatic heterocycles. The molecule has 3 aliphatic carbocycles. The molecule has 4 aliphatic rings. The second-order valence-corrected chi connectivity index (χ2v) is 12.2. The van der Waals surface area contributed by atoms with Crippen molar-refractivity contribution in [3.63, 3.8) is 0 Å². The number of carbonyl (C=O) groups excluding carboxylic acids is 2. The van der Waals surface area contributed by atoms with Gasteiger partial charge in [0.15, 0.2) is 10.9 Å². The molecule has 3 heterocycles. The maximum absolute atomic E-state index is 12.4.